The highest BCUT2D eigenvalue weighted by molar-refractivity contribution is 5.44. The van der Waals surface area contributed by atoms with Crippen LogP contribution in [-0.2, 0) is 29.6 Å². The second kappa shape index (κ2) is 9.06. The molecule has 1 saturated heterocycles. The van der Waals surface area contributed by atoms with Gasteiger partial charge >= 0.3 is 0 Å². The number of nitrogens with one attached hydrogen (secondary N) is 1. The number of piperidine rings is 1. The van der Waals surface area contributed by atoms with E-state index in [2.05, 4.69) is 83.0 Å². The van der Waals surface area contributed by atoms with E-state index in [1.807, 2.05) is 0 Å². The molecule has 0 atom stereocenters. The Balaban J connectivity index is 1.12. The molecular weight excluding hydrogens is 404 g/mol. The van der Waals surface area contributed by atoms with Crippen molar-refractivity contribution in [2.75, 3.05) is 32.8 Å². The van der Waals surface area contributed by atoms with E-state index in [1.165, 1.54) is 33.4 Å². The van der Waals surface area contributed by atoms with E-state index in [1.54, 1.807) is 0 Å². The van der Waals surface area contributed by atoms with E-state index in [0.717, 1.165) is 64.9 Å². The number of nitrogens with zero attached hydrogens (tertiary/aromatic N) is 1. The zero-order chi connectivity index (χ0) is 22.1. The van der Waals surface area contributed by atoms with E-state index >= 15 is 0 Å². The number of fused-ring (bicyclic) bond motifs is 4. The molecule has 3 aromatic carbocycles. The first-order chi connectivity index (χ1) is 16.3. The number of likely N-dealkylation sites (tertiary alicyclic amines) is 1. The molecule has 170 valence electrons. The zero-order valence-corrected chi connectivity index (χ0v) is 19.4. The predicted octanol–water partition coefficient (Wildman–Crippen LogP) is 5.03. The fraction of sp³-hybridized carbons (Fsp3) is 0.400. The molecule has 0 unspecified atom stereocenters. The summed E-state index contributed by atoms with van der Waals surface area (Å²) >= 11 is 0. The molecule has 1 aliphatic carbocycles. The Kier molecular flexibility index (Phi) is 5.79. The summed E-state index contributed by atoms with van der Waals surface area (Å²) in [4.78, 5) is 2.62. The molecule has 2 heterocycles. The first kappa shape index (κ1) is 21.1. The third-order valence-corrected chi connectivity index (χ3v) is 8.09. The van der Waals surface area contributed by atoms with Crippen LogP contribution in [0.3, 0.4) is 0 Å². The number of benzene rings is 3. The highest BCUT2D eigenvalue weighted by atomic mass is 16.5. The summed E-state index contributed by atoms with van der Waals surface area (Å²) in [6.07, 6.45) is 5.50. The van der Waals surface area contributed by atoms with Crippen LogP contribution in [0.1, 0.15) is 52.3 Å². The van der Waals surface area contributed by atoms with Gasteiger partial charge in [0.1, 0.15) is 0 Å². The Morgan fingerprint density at radius 1 is 0.758 bits per heavy atom. The Morgan fingerprint density at radius 3 is 2.06 bits per heavy atom. The van der Waals surface area contributed by atoms with Gasteiger partial charge in [0.15, 0.2) is 0 Å². The van der Waals surface area contributed by atoms with Crippen LogP contribution in [0.15, 0.2) is 72.8 Å². The summed E-state index contributed by atoms with van der Waals surface area (Å²) in [5.41, 5.74) is 8.75. The van der Waals surface area contributed by atoms with Crippen LogP contribution in [0, 0.1) is 0 Å². The molecule has 3 aromatic rings. The molecule has 3 aliphatic rings. The molecule has 1 fully saturated rings. The van der Waals surface area contributed by atoms with Crippen LogP contribution >= 0.6 is 0 Å². The minimum Gasteiger partial charge on any atom is -0.370 e. The maximum absolute atomic E-state index is 6.43. The molecule has 0 aromatic heterocycles. The van der Waals surface area contributed by atoms with Gasteiger partial charge in [0, 0.05) is 26.2 Å². The van der Waals surface area contributed by atoms with Crippen LogP contribution in [0.4, 0.5) is 0 Å². The summed E-state index contributed by atoms with van der Waals surface area (Å²) in [5.74, 6) is 0. The van der Waals surface area contributed by atoms with Crippen molar-refractivity contribution in [1.29, 1.82) is 0 Å². The second-order valence-electron chi connectivity index (χ2n) is 9.88. The molecule has 1 spiro atoms. The number of rotatable bonds is 4. The number of aryl methyl sites for hydroxylation is 2. The zero-order valence-electron chi connectivity index (χ0n) is 19.4. The van der Waals surface area contributed by atoms with Crippen LogP contribution in [0.5, 0.6) is 0 Å². The lowest BCUT2D eigenvalue weighted by atomic mass is 9.79. The summed E-state index contributed by atoms with van der Waals surface area (Å²) in [7, 11) is 0. The van der Waals surface area contributed by atoms with Crippen molar-refractivity contribution in [3.05, 3.63) is 106 Å². The molecule has 0 radical (unpaired) electrons. The van der Waals surface area contributed by atoms with Crippen molar-refractivity contribution in [2.24, 2.45) is 0 Å². The summed E-state index contributed by atoms with van der Waals surface area (Å²) in [6.45, 7) is 5.15. The monoisotopic (exact) mass is 438 g/mol. The van der Waals surface area contributed by atoms with Crippen molar-refractivity contribution < 1.29 is 4.74 Å². The first-order valence-electron chi connectivity index (χ1n) is 12.7. The smallest absolute Gasteiger partial charge is 0.0958 e. The van der Waals surface area contributed by atoms with Crippen molar-refractivity contribution in [3.63, 3.8) is 0 Å². The van der Waals surface area contributed by atoms with E-state index in [4.69, 9.17) is 4.74 Å². The molecule has 3 nitrogen and oxygen atoms in total. The lowest BCUT2D eigenvalue weighted by Gasteiger charge is -2.45. The van der Waals surface area contributed by atoms with Crippen LogP contribution < -0.4 is 5.32 Å². The van der Waals surface area contributed by atoms with Crippen molar-refractivity contribution in [1.82, 2.24) is 10.2 Å². The molecule has 6 rings (SSSR count). The fourth-order valence-corrected chi connectivity index (χ4v) is 6.28. The normalized spacial score (nSPS) is 20.0. The second-order valence-corrected chi connectivity index (χ2v) is 9.88. The van der Waals surface area contributed by atoms with Gasteiger partial charge in [0.25, 0.3) is 0 Å². The van der Waals surface area contributed by atoms with Crippen molar-refractivity contribution >= 4 is 0 Å². The average Bonchev–Trinajstić information content (AvgIpc) is 3.03. The number of hydrogen-bond donors (Lipinski definition) is 1. The van der Waals surface area contributed by atoms with Crippen LogP contribution in [-0.4, -0.2) is 37.7 Å². The Labute approximate surface area is 197 Å². The van der Waals surface area contributed by atoms with Gasteiger partial charge < -0.3 is 15.0 Å². The van der Waals surface area contributed by atoms with Gasteiger partial charge in [-0.05, 0) is 65.5 Å². The summed E-state index contributed by atoms with van der Waals surface area (Å²) in [6, 6.07) is 27.2. The Bertz CT molecular complexity index is 1070. The minimum atomic E-state index is -0.0576. The fourth-order valence-electron chi connectivity index (χ4n) is 6.28. The van der Waals surface area contributed by atoms with Gasteiger partial charge in [0.05, 0.1) is 18.2 Å². The van der Waals surface area contributed by atoms with Crippen LogP contribution in [0.2, 0.25) is 0 Å². The summed E-state index contributed by atoms with van der Waals surface area (Å²) in [5, 5.41) is 3.94. The van der Waals surface area contributed by atoms with Gasteiger partial charge in [-0.1, -0.05) is 72.8 Å². The van der Waals surface area contributed by atoms with Crippen molar-refractivity contribution in [3.8, 4) is 0 Å². The average molecular weight is 439 g/mol. The molecule has 1 N–H and O–H groups in total. The van der Waals surface area contributed by atoms with E-state index in [9.17, 15) is 0 Å². The van der Waals surface area contributed by atoms with E-state index < -0.39 is 0 Å². The van der Waals surface area contributed by atoms with Gasteiger partial charge in [-0.15, -0.1) is 0 Å². The van der Waals surface area contributed by atoms with Gasteiger partial charge in [0.2, 0.25) is 0 Å². The molecule has 0 amide bonds. The SMILES string of the molecule is c1ccc2c(c1)CCc1ccccc1C2NCCN1CCC2(CC1)OCCc1ccccc12. The lowest BCUT2D eigenvalue weighted by molar-refractivity contribution is -0.0977. The highest BCUT2D eigenvalue weighted by Gasteiger charge is 2.40. The van der Waals surface area contributed by atoms with Gasteiger partial charge in [-0.25, -0.2) is 0 Å². The molecular formula is C30H34N2O. The standard InChI is InChI=1S/C30H34N2O/c1-4-10-26-23(7-1)13-14-24-8-2-5-11-27(24)29(26)31-18-21-32-19-16-30(17-20-32)28-12-6-3-9-25(28)15-22-33-30/h1-12,29,31H,13-22H2. The number of hydrogen-bond acceptors (Lipinski definition) is 3. The van der Waals surface area contributed by atoms with Gasteiger partial charge in [-0.3, -0.25) is 0 Å². The highest BCUT2D eigenvalue weighted by Crippen LogP contribution is 2.41. The molecule has 33 heavy (non-hydrogen) atoms. The van der Waals surface area contributed by atoms with E-state index in [0.29, 0.717) is 0 Å². The summed E-state index contributed by atoms with van der Waals surface area (Å²) < 4.78 is 6.43. The first-order valence-corrected chi connectivity index (χ1v) is 12.7. The molecule has 0 saturated carbocycles. The topological polar surface area (TPSA) is 24.5 Å². The van der Waals surface area contributed by atoms with E-state index in [-0.39, 0.29) is 11.6 Å². The largest absolute Gasteiger partial charge is 0.370 e. The number of ether oxygens (including phenoxy) is 1. The third-order valence-electron chi connectivity index (χ3n) is 8.09. The third kappa shape index (κ3) is 4.03. The minimum absolute atomic E-state index is 0.0576. The molecule has 3 heteroatoms. The molecule has 0 bridgehead atoms. The Morgan fingerprint density at radius 2 is 1.36 bits per heavy atom. The van der Waals surface area contributed by atoms with Gasteiger partial charge in [-0.2, -0.15) is 0 Å². The van der Waals surface area contributed by atoms with Crippen LogP contribution in [0.25, 0.3) is 0 Å². The van der Waals surface area contributed by atoms with Crippen molar-refractivity contribution in [2.45, 2.75) is 43.7 Å². The molecule has 2 aliphatic heterocycles. The Hall–Kier alpha value is -2.46. The quantitative estimate of drug-likeness (QED) is 0.618. The maximum Gasteiger partial charge on any atom is 0.0958 e. The lowest BCUT2D eigenvalue weighted by Crippen LogP contribution is -2.48. The maximum atomic E-state index is 6.43. The predicted molar refractivity (Wildman–Crippen MR) is 134 cm³/mol.